The summed E-state index contributed by atoms with van der Waals surface area (Å²) in [6.45, 7) is 2.89. The van der Waals surface area contributed by atoms with E-state index in [1.165, 1.54) is 6.42 Å². The molecule has 0 spiro atoms. The Hall–Kier alpha value is -0.520. The molecule has 0 aliphatic carbocycles. The Morgan fingerprint density at radius 3 is 3.08 bits per heavy atom. The number of aliphatic hydroxyl groups is 1. The van der Waals surface area contributed by atoms with Crippen molar-refractivity contribution in [2.75, 3.05) is 6.54 Å². The van der Waals surface area contributed by atoms with Crippen molar-refractivity contribution in [3.8, 4) is 11.8 Å². The molecule has 0 aromatic carbocycles. The van der Waals surface area contributed by atoms with E-state index in [0.29, 0.717) is 6.04 Å². The van der Waals surface area contributed by atoms with Crippen molar-refractivity contribution in [3.05, 3.63) is 0 Å². The highest BCUT2D eigenvalue weighted by Gasteiger charge is 2.21. The molecule has 0 aromatic heterocycles. The molecule has 68 valence electrons. The summed E-state index contributed by atoms with van der Waals surface area (Å²) in [5, 5.41) is 12.9. The van der Waals surface area contributed by atoms with Crippen molar-refractivity contribution >= 4 is 0 Å². The van der Waals surface area contributed by atoms with Crippen LogP contribution in [0.4, 0.5) is 0 Å². The maximum Gasteiger partial charge on any atom is 0.0702 e. The Labute approximate surface area is 74.4 Å². The zero-order valence-electron chi connectivity index (χ0n) is 7.64. The van der Waals surface area contributed by atoms with Crippen LogP contribution in [-0.2, 0) is 0 Å². The third kappa shape index (κ3) is 2.84. The van der Waals surface area contributed by atoms with Gasteiger partial charge in [0.2, 0.25) is 0 Å². The summed E-state index contributed by atoms with van der Waals surface area (Å²) >= 11 is 0. The molecule has 1 unspecified atom stereocenters. The van der Waals surface area contributed by atoms with Gasteiger partial charge in [-0.05, 0) is 32.7 Å². The molecule has 1 rings (SSSR count). The normalized spacial score (nSPS) is 24.7. The van der Waals surface area contributed by atoms with Gasteiger partial charge >= 0.3 is 0 Å². The second kappa shape index (κ2) is 5.18. The highest BCUT2D eigenvalue weighted by Crippen LogP contribution is 2.12. The second-order valence-electron chi connectivity index (χ2n) is 3.24. The lowest BCUT2D eigenvalue weighted by atomic mass is 10.0. The molecule has 1 aliphatic heterocycles. The van der Waals surface area contributed by atoms with Crippen LogP contribution in [0.5, 0.6) is 0 Å². The van der Waals surface area contributed by atoms with Crippen molar-refractivity contribution in [1.82, 2.24) is 5.32 Å². The molecule has 2 heteroatoms. The fraction of sp³-hybridized carbons (Fsp3) is 0.800. The van der Waals surface area contributed by atoms with Crippen molar-refractivity contribution in [2.24, 2.45) is 0 Å². The average molecular weight is 167 g/mol. The molecule has 0 bridgehead atoms. The van der Waals surface area contributed by atoms with Gasteiger partial charge in [-0.25, -0.2) is 0 Å². The predicted octanol–water partition coefficient (Wildman–Crippen LogP) is 0.903. The van der Waals surface area contributed by atoms with Gasteiger partial charge in [0, 0.05) is 12.5 Å². The van der Waals surface area contributed by atoms with E-state index in [1.54, 1.807) is 0 Å². The standard InChI is InChI=1S/C10H17NO/c1-2-3-4-7-10(12)9-6-5-8-11-9/h9-12H,4-8H2,1H3/t9-,10?/m1/s1. The van der Waals surface area contributed by atoms with Crippen molar-refractivity contribution in [1.29, 1.82) is 0 Å². The molecule has 1 fully saturated rings. The number of nitrogens with one attached hydrogen (secondary N) is 1. The number of hydrogen-bond donors (Lipinski definition) is 2. The van der Waals surface area contributed by atoms with Crippen LogP contribution in [0.1, 0.15) is 32.6 Å². The van der Waals surface area contributed by atoms with Crippen LogP contribution in [0, 0.1) is 11.8 Å². The van der Waals surface area contributed by atoms with E-state index < -0.39 is 0 Å². The highest BCUT2D eigenvalue weighted by molar-refractivity contribution is 4.96. The molecule has 2 N–H and O–H groups in total. The first-order chi connectivity index (χ1) is 5.84. The minimum absolute atomic E-state index is 0.201. The van der Waals surface area contributed by atoms with Crippen LogP contribution >= 0.6 is 0 Å². The maximum atomic E-state index is 9.65. The topological polar surface area (TPSA) is 32.3 Å². The van der Waals surface area contributed by atoms with Gasteiger partial charge in [-0.2, -0.15) is 0 Å². The van der Waals surface area contributed by atoms with Crippen LogP contribution in [0.2, 0.25) is 0 Å². The van der Waals surface area contributed by atoms with E-state index in [4.69, 9.17) is 0 Å². The van der Waals surface area contributed by atoms with E-state index in [-0.39, 0.29) is 6.10 Å². The Morgan fingerprint density at radius 2 is 2.50 bits per heavy atom. The van der Waals surface area contributed by atoms with Crippen LogP contribution in [-0.4, -0.2) is 23.8 Å². The molecule has 1 heterocycles. The number of aliphatic hydroxyl groups excluding tert-OH is 1. The maximum absolute atomic E-state index is 9.65. The summed E-state index contributed by atoms with van der Waals surface area (Å²) in [6, 6.07) is 0.323. The highest BCUT2D eigenvalue weighted by atomic mass is 16.3. The van der Waals surface area contributed by atoms with Crippen LogP contribution in [0.3, 0.4) is 0 Å². The first-order valence-electron chi connectivity index (χ1n) is 4.65. The van der Waals surface area contributed by atoms with Gasteiger partial charge in [0.1, 0.15) is 0 Å². The van der Waals surface area contributed by atoms with Crippen LogP contribution in [0.15, 0.2) is 0 Å². The molecular formula is C10H17NO. The Bertz CT molecular complexity index is 174. The lowest BCUT2D eigenvalue weighted by Gasteiger charge is -2.16. The fourth-order valence-electron chi connectivity index (χ4n) is 1.59. The zero-order chi connectivity index (χ0) is 8.81. The monoisotopic (exact) mass is 167 g/mol. The fourth-order valence-corrected chi connectivity index (χ4v) is 1.59. The molecule has 0 aromatic rings. The summed E-state index contributed by atoms with van der Waals surface area (Å²) in [4.78, 5) is 0. The summed E-state index contributed by atoms with van der Waals surface area (Å²) in [5.41, 5.74) is 0. The van der Waals surface area contributed by atoms with E-state index >= 15 is 0 Å². The number of rotatable bonds is 3. The second-order valence-corrected chi connectivity index (χ2v) is 3.24. The largest absolute Gasteiger partial charge is 0.391 e. The third-order valence-electron chi connectivity index (χ3n) is 2.30. The van der Waals surface area contributed by atoms with Crippen LogP contribution < -0.4 is 5.32 Å². The molecule has 1 saturated heterocycles. The quantitative estimate of drug-likeness (QED) is 0.612. The molecule has 12 heavy (non-hydrogen) atoms. The molecule has 1 aliphatic rings. The van der Waals surface area contributed by atoms with Gasteiger partial charge in [-0.3, -0.25) is 0 Å². The van der Waals surface area contributed by atoms with E-state index in [2.05, 4.69) is 17.2 Å². The van der Waals surface area contributed by atoms with Gasteiger partial charge in [-0.15, -0.1) is 11.8 Å². The molecule has 2 nitrogen and oxygen atoms in total. The molecule has 0 saturated carbocycles. The number of hydrogen-bond acceptors (Lipinski definition) is 2. The molecular weight excluding hydrogens is 150 g/mol. The van der Waals surface area contributed by atoms with Crippen molar-refractivity contribution in [2.45, 2.75) is 44.8 Å². The van der Waals surface area contributed by atoms with Gasteiger partial charge in [-0.1, -0.05) is 0 Å². The third-order valence-corrected chi connectivity index (χ3v) is 2.30. The first kappa shape index (κ1) is 9.57. The van der Waals surface area contributed by atoms with Crippen molar-refractivity contribution < 1.29 is 5.11 Å². The molecule has 0 amide bonds. The first-order valence-corrected chi connectivity index (χ1v) is 4.65. The minimum atomic E-state index is -0.201. The van der Waals surface area contributed by atoms with Gasteiger partial charge in [0.05, 0.1) is 6.10 Å². The summed E-state index contributed by atoms with van der Waals surface area (Å²) < 4.78 is 0. The molecule has 2 atom stereocenters. The predicted molar refractivity (Wildman–Crippen MR) is 49.7 cm³/mol. The zero-order valence-corrected chi connectivity index (χ0v) is 7.64. The smallest absolute Gasteiger partial charge is 0.0702 e. The summed E-state index contributed by atoms with van der Waals surface area (Å²) in [6.07, 6.45) is 3.73. The average Bonchev–Trinajstić information content (AvgIpc) is 2.56. The van der Waals surface area contributed by atoms with Crippen molar-refractivity contribution in [3.63, 3.8) is 0 Å². The summed E-state index contributed by atoms with van der Waals surface area (Å²) in [5.74, 6) is 5.80. The molecule has 0 radical (unpaired) electrons. The Morgan fingerprint density at radius 1 is 1.67 bits per heavy atom. The lowest BCUT2D eigenvalue weighted by molar-refractivity contribution is 0.128. The minimum Gasteiger partial charge on any atom is -0.391 e. The Kier molecular flexibility index (Phi) is 4.13. The van der Waals surface area contributed by atoms with Gasteiger partial charge < -0.3 is 10.4 Å². The van der Waals surface area contributed by atoms with Gasteiger partial charge in [0.25, 0.3) is 0 Å². The van der Waals surface area contributed by atoms with E-state index in [0.717, 1.165) is 25.8 Å². The van der Waals surface area contributed by atoms with E-state index in [9.17, 15) is 5.11 Å². The van der Waals surface area contributed by atoms with Gasteiger partial charge in [0.15, 0.2) is 0 Å². The van der Waals surface area contributed by atoms with Crippen LogP contribution in [0.25, 0.3) is 0 Å². The lowest BCUT2D eigenvalue weighted by Crippen LogP contribution is -2.34. The SMILES string of the molecule is CC#CCCC(O)[C@H]1CCCN1. The van der Waals surface area contributed by atoms with E-state index in [1.807, 2.05) is 6.92 Å². The Balaban J connectivity index is 2.16. The summed E-state index contributed by atoms with van der Waals surface area (Å²) in [7, 11) is 0.